The summed E-state index contributed by atoms with van der Waals surface area (Å²) in [4.78, 5) is 25.5. The zero-order chi connectivity index (χ0) is 23.5. The van der Waals surface area contributed by atoms with Gasteiger partial charge in [0.15, 0.2) is 17.3 Å². The van der Waals surface area contributed by atoms with Crippen molar-refractivity contribution in [3.63, 3.8) is 0 Å². The molecule has 3 aliphatic rings. The Balaban J connectivity index is 0.00000274. The Hall–Kier alpha value is -2.70. The quantitative estimate of drug-likeness (QED) is 0.575. The van der Waals surface area contributed by atoms with E-state index in [2.05, 4.69) is 4.74 Å². The number of halogens is 4. The number of pyridine rings is 1. The zero-order valence-electron chi connectivity index (χ0n) is 17.8. The highest BCUT2D eigenvalue weighted by atomic mass is 35.5. The summed E-state index contributed by atoms with van der Waals surface area (Å²) < 4.78 is 59.2. The number of hydrogen-bond donors (Lipinski definition) is 2. The van der Waals surface area contributed by atoms with Crippen molar-refractivity contribution < 1.29 is 37.3 Å². The lowest BCUT2D eigenvalue weighted by atomic mass is 9.91. The molecule has 0 spiro atoms. The van der Waals surface area contributed by atoms with E-state index < -0.39 is 41.1 Å². The summed E-state index contributed by atoms with van der Waals surface area (Å²) >= 11 is 0. The first kappa shape index (κ1) is 24.4. The van der Waals surface area contributed by atoms with Crippen molar-refractivity contribution in [3.05, 3.63) is 28.3 Å². The number of alkyl halides is 2. The molecule has 1 aliphatic carbocycles. The van der Waals surface area contributed by atoms with Gasteiger partial charge < -0.3 is 34.5 Å². The molecular formula is C21H23ClF3N3O6. The van der Waals surface area contributed by atoms with Crippen LogP contribution in [0.15, 0.2) is 17.1 Å². The van der Waals surface area contributed by atoms with Crippen molar-refractivity contribution in [1.82, 2.24) is 4.57 Å². The van der Waals surface area contributed by atoms with E-state index in [1.807, 2.05) is 0 Å². The number of nitrogens with two attached hydrogens (primary N) is 1. The van der Waals surface area contributed by atoms with Gasteiger partial charge in [0.05, 0.1) is 17.1 Å². The SMILES string of the molecule is Cl.NCC12CN(c3c(F)cc4c(=O)c(OC(=O)O)cn(C5CC5)c4c3OC(F)F)C[C@@H]1CCO2. The molecule has 5 rings (SSSR count). The standard InChI is InChI=1S/C21H22F3N3O6.ClH/c22-13-5-12-15(27(11-1-2-11)7-14(17(12)28)32-20(29)30)18(33-19(23)24)16(13)26-6-10-3-4-31-21(10,8-25)9-26;/h5,7,10-11,19H,1-4,6,8-9,25H2,(H,29,30);1H/t10-,21?;/m0./s1. The maximum atomic E-state index is 15.5. The minimum absolute atomic E-state index is 0. The highest BCUT2D eigenvalue weighted by molar-refractivity contribution is 5.92. The molecule has 3 N–H and O–H groups in total. The number of ether oxygens (including phenoxy) is 3. The monoisotopic (exact) mass is 505 g/mol. The number of hydrogen-bond acceptors (Lipinski definition) is 7. The molecule has 0 radical (unpaired) electrons. The maximum absolute atomic E-state index is 15.5. The molecule has 2 saturated heterocycles. The van der Waals surface area contributed by atoms with E-state index in [9.17, 15) is 18.4 Å². The topological polar surface area (TPSA) is 116 Å². The summed E-state index contributed by atoms with van der Waals surface area (Å²) in [7, 11) is 0. The Labute approximate surface area is 197 Å². The highest BCUT2D eigenvalue weighted by Crippen LogP contribution is 2.48. The summed E-state index contributed by atoms with van der Waals surface area (Å²) in [5.41, 5.74) is 4.07. The molecule has 13 heteroatoms. The fourth-order valence-corrected chi connectivity index (χ4v) is 5.05. The average Bonchev–Trinajstić information content (AvgIpc) is 3.41. The highest BCUT2D eigenvalue weighted by Gasteiger charge is 2.51. The normalized spacial score (nSPS) is 23.8. The molecule has 3 heterocycles. The first-order valence-corrected chi connectivity index (χ1v) is 10.6. The molecular weight excluding hydrogens is 483 g/mol. The van der Waals surface area contributed by atoms with Crippen LogP contribution in [-0.2, 0) is 4.74 Å². The van der Waals surface area contributed by atoms with Gasteiger partial charge in [-0.2, -0.15) is 8.78 Å². The third-order valence-corrected chi connectivity index (χ3v) is 6.67. The third-order valence-electron chi connectivity index (χ3n) is 6.67. The molecule has 1 saturated carbocycles. The van der Waals surface area contributed by atoms with Crippen molar-refractivity contribution in [2.24, 2.45) is 11.7 Å². The van der Waals surface area contributed by atoms with Gasteiger partial charge in [0.2, 0.25) is 5.43 Å². The number of anilines is 1. The first-order valence-electron chi connectivity index (χ1n) is 10.6. The van der Waals surface area contributed by atoms with Gasteiger partial charge >= 0.3 is 12.8 Å². The predicted octanol–water partition coefficient (Wildman–Crippen LogP) is 3.11. The van der Waals surface area contributed by atoms with Crippen LogP contribution in [0.5, 0.6) is 11.5 Å². The van der Waals surface area contributed by atoms with Crippen LogP contribution in [0, 0.1) is 11.7 Å². The van der Waals surface area contributed by atoms with Gasteiger partial charge in [-0.25, -0.2) is 9.18 Å². The van der Waals surface area contributed by atoms with Crippen LogP contribution in [0.2, 0.25) is 0 Å². The molecule has 9 nitrogen and oxygen atoms in total. The van der Waals surface area contributed by atoms with Gasteiger partial charge in [0.25, 0.3) is 0 Å². The summed E-state index contributed by atoms with van der Waals surface area (Å²) in [5, 5.41) is 8.65. The molecule has 1 unspecified atom stereocenters. The van der Waals surface area contributed by atoms with Gasteiger partial charge in [0.1, 0.15) is 11.3 Å². The van der Waals surface area contributed by atoms with Gasteiger partial charge in [-0.15, -0.1) is 12.4 Å². The van der Waals surface area contributed by atoms with Crippen LogP contribution in [0.4, 0.5) is 23.7 Å². The summed E-state index contributed by atoms with van der Waals surface area (Å²) in [6.45, 7) is -2.06. The molecule has 2 atom stereocenters. The van der Waals surface area contributed by atoms with Crippen molar-refractivity contribution in [2.45, 2.75) is 37.5 Å². The molecule has 2 aromatic rings. The fraction of sp³-hybridized carbons (Fsp3) is 0.524. The number of fused-ring (bicyclic) bond motifs is 2. The minimum Gasteiger partial charge on any atom is -0.449 e. The van der Waals surface area contributed by atoms with E-state index in [1.54, 1.807) is 4.90 Å². The number of carboxylic acid groups (broad SMARTS) is 1. The number of benzene rings is 1. The van der Waals surface area contributed by atoms with Crippen molar-refractivity contribution in [3.8, 4) is 11.5 Å². The van der Waals surface area contributed by atoms with Crippen LogP contribution in [0.3, 0.4) is 0 Å². The van der Waals surface area contributed by atoms with Gasteiger partial charge in [-0.1, -0.05) is 0 Å². The zero-order valence-corrected chi connectivity index (χ0v) is 18.7. The molecule has 186 valence electrons. The van der Waals surface area contributed by atoms with Crippen LogP contribution < -0.4 is 25.5 Å². The van der Waals surface area contributed by atoms with Crippen molar-refractivity contribution in [2.75, 3.05) is 31.1 Å². The Morgan fingerprint density at radius 2 is 2.09 bits per heavy atom. The Morgan fingerprint density at radius 3 is 2.68 bits per heavy atom. The number of rotatable bonds is 6. The Bertz CT molecular complexity index is 1190. The van der Waals surface area contributed by atoms with E-state index >= 15 is 4.39 Å². The molecule has 1 aromatic heterocycles. The van der Waals surface area contributed by atoms with Crippen LogP contribution in [0.25, 0.3) is 10.9 Å². The largest absolute Gasteiger partial charge is 0.511 e. The molecule has 34 heavy (non-hydrogen) atoms. The average molecular weight is 506 g/mol. The van der Waals surface area contributed by atoms with E-state index in [0.29, 0.717) is 32.4 Å². The molecule has 0 amide bonds. The van der Waals surface area contributed by atoms with Gasteiger partial charge in [-0.3, -0.25) is 4.79 Å². The first-order chi connectivity index (χ1) is 15.7. The number of nitrogens with zero attached hydrogens (tertiary/aromatic N) is 2. The number of aromatic nitrogens is 1. The smallest absolute Gasteiger partial charge is 0.449 e. The summed E-state index contributed by atoms with van der Waals surface area (Å²) in [6, 6.07) is 0.725. The summed E-state index contributed by atoms with van der Waals surface area (Å²) in [5.74, 6) is -1.97. The second-order valence-electron chi connectivity index (χ2n) is 8.62. The minimum atomic E-state index is -3.28. The van der Waals surface area contributed by atoms with Gasteiger partial charge in [0, 0.05) is 38.2 Å². The van der Waals surface area contributed by atoms with E-state index in [4.69, 9.17) is 20.3 Å². The molecule has 1 aromatic carbocycles. The molecule has 3 fully saturated rings. The van der Waals surface area contributed by atoms with E-state index in [-0.39, 0.29) is 54.0 Å². The van der Waals surface area contributed by atoms with E-state index in [0.717, 1.165) is 12.3 Å². The fourth-order valence-electron chi connectivity index (χ4n) is 5.05. The molecule has 2 aliphatic heterocycles. The van der Waals surface area contributed by atoms with Gasteiger partial charge in [-0.05, 0) is 25.3 Å². The summed E-state index contributed by atoms with van der Waals surface area (Å²) in [6.07, 6.45) is 1.48. The second-order valence-corrected chi connectivity index (χ2v) is 8.62. The number of carbonyl (C=O) groups is 1. The Kier molecular flexibility index (Phi) is 6.34. The van der Waals surface area contributed by atoms with Crippen LogP contribution in [-0.4, -0.2) is 54.3 Å². The van der Waals surface area contributed by atoms with Crippen molar-refractivity contribution >= 4 is 35.2 Å². The lowest BCUT2D eigenvalue weighted by Gasteiger charge is -2.28. The molecule has 0 bridgehead atoms. The Morgan fingerprint density at radius 1 is 1.35 bits per heavy atom. The van der Waals surface area contributed by atoms with Crippen LogP contribution in [0.1, 0.15) is 25.3 Å². The van der Waals surface area contributed by atoms with E-state index in [1.165, 1.54) is 4.57 Å². The van der Waals surface area contributed by atoms with Crippen molar-refractivity contribution in [1.29, 1.82) is 0 Å². The lowest BCUT2D eigenvalue weighted by Crippen LogP contribution is -2.44. The maximum Gasteiger partial charge on any atom is 0.511 e. The third kappa shape index (κ3) is 3.93. The second kappa shape index (κ2) is 8.82. The van der Waals surface area contributed by atoms with Crippen LogP contribution >= 0.6 is 12.4 Å². The predicted molar refractivity (Wildman–Crippen MR) is 117 cm³/mol. The lowest BCUT2D eigenvalue weighted by molar-refractivity contribution is -0.0488.